The Balaban J connectivity index is 2.60. The van der Waals surface area contributed by atoms with Crippen LogP contribution in [0.4, 0.5) is 0 Å². The lowest BCUT2D eigenvalue weighted by atomic mass is 10.2. The predicted octanol–water partition coefficient (Wildman–Crippen LogP) is 0.973. The average molecular weight is 280 g/mol. The van der Waals surface area contributed by atoms with Gasteiger partial charge in [0.05, 0.1) is 18.2 Å². The average Bonchev–Trinajstić information content (AvgIpc) is 2.35. The van der Waals surface area contributed by atoms with Gasteiger partial charge in [0.1, 0.15) is 5.75 Å². The molecule has 0 spiro atoms. The van der Waals surface area contributed by atoms with Gasteiger partial charge in [-0.1, -0.05) is 30.3 Å². The van der Waals surface area contributed by atoms with E-state index in [-0.39, 0.29) is 18.7 Å². The van der Waals surface area contributed by atoms with Crippen LogP contribution in [0, 0.1) is 11.3 Å². The lowest BCUT2D eigenvalue weighted by molar-refractivity contribution is -0.127. The van der Waals surface area contributed by atoms with Crippen molar-refractivity contribution >= 4 is 15.7 Å². The number of carbonyl (C=O) groups is 1. The van der Waals surface area contributed by atoms with E-state index in [4.69, 9.17) is 5.26 Å². The minimum Gasteiger partial charge on any atom is -0.344 e. The summed E-state index contributed by atoms with van der Waals surface area (Å²) in [6.45, 7) is 0.246. The van der Waals surface area contributed by atoms with Crippen molar-refractivity contribution in [3.05, 3.63) is 35.9 Å². The van der Waals surface area contributed by atoms with Gasteiger partial charge in [-0.2, -0.15) is 5.26 Å². The van der Waals surface area contributed by atoms with Crippen molar-refractivity contribution in [2.45, 2.75) is 12.2 Å². The van der Waals surface area contributed by atoms with E-state index >= 15 is 0 Å². The van der Waals surface area contributed by atoms with Crippen molar-refractivity contribution in [1.29, 1.82) is 5.26 Å². The molecule has 102 valence electrons. The van der Waals surface area contributed by atoms with Gasteiger partial charge in [0.25, 0.3) is 0 Å². The topological polar surface area (TPSA) is 78.2 Å². The summed E-state index contributed by atoms with van der Waals surface area (Å²) in [5, 5.41) is 8.42. The molecule has 0 fully saturated rings. The molecular formula is C13H16N2O3S. The van der Waals surface area contributed by atoms with Crippen LogP contribution in [0.3, 0.4) is 0 Å². The molecule has 1 aromatic rings. The van der Waals surface area contributed by atoms with Crippen LogP contribution in [0.5, 0.6) is 0 Å². The van der Waals surface area contributed by atoms with E-state index in [0.29, 0.717) is 5.56 Å². The molecule has 0 aliphatic heterocycles. The van der Waals surface area contributed by atoms with Crippen LogP contribution in [-0.2, 0) is 20.4 Å². The first kappa shape index (κ1) is 15.2. The molecule has 6 heteroatoms. The van der Waals surface area contributed by atoms with E-state index in [1.165, 1.54) is 11.9 Å². The van der Waals surface area contributed by atoms with Crippen LogP contribution in [-0.4, -0.2) is 38.6 Å². The zero-order chi connectivity index (χ0) is 14.3. The third-order valence-corrected chi connectivity index (χ3v) is 4.02. The van der Waals surface area contributed by atoms with Gasteiger partial charge in [-0.15, -0.1) is 0 Å². The van der Waals surface area contributed by atoms with Gasteiger partial charge in [0.15, 0.2) is 9.84 Å². The highest BCUT2D eigenvalue weighted by Gasteiger charge is 2.19. The Morgan fingerprint density at radius 1 is 1.32 bits per heavy atom. The number of nitriles is 1. The first-order valence-corrected chi connectivity index (χ1v) is 7.62. The van der Waals surface area contributed by atoms with Crippen molar-refractivity contribution < 1.29 is 13.2 Å². The van der Waals surface area contributed by atoms with Crippen molar-refractivity contribution in [2.24, 2.45) is 0 Å². The Kier molecular flexibility index (Phi) is 5.52. The van der Waals surface area contributed by atoms with Crippen LogP contribution >= 0.6 is 0 Å². The number of benzene rings is 1. The van der Waals surface area contributed by atoms with E-state index in [0.717, 1.165) is 0 Å². The number of carbonyl (C=O) groups excluding carboxylic acids is 1. The second-order valence-electron chi connectivity index (χ2n) is 4.24. The van der Waals surface area contributed by atoms with Crippen LogP contribution in [0.25, 0.3) is 0 Å². The van der Waals surface area contributed by atoms with E-state index in [2.05, 4.69) is 0 Å². The van der Waals surface area contributed by atoms with Crippen molar-refractivity contribution in [3.63, 3.8) is 0 Å². The van der Waals surface area contributed by atoms with Crippen LogP contribution in [0.15, 0.2) is 30.3 Å². The molecule has 0 aromatic heterocycles. The summed E-state index contributed by atoms with van der Waals surface area (Å²) in [5.74, 6) is -1.15. The zero-order valence-electron chi connectivity index (χ0n) is 10.7. The summed E-state index contributed by atoms with van der Waals surface area (Å²) in [7, 11) is -1.98. The fourth-order valence-corrected chi connectivity index (χ4v) is 2.92. The van der Waals surface area contributed by atoms with Gasteiger partial charge in [0.2, 0.25) is 5.91 Å². The molecule has 0 saturated heterocycles. The Morgan fingerprint density at radius 3 is 2.53 bits per heavy atom. The lowest BCUT2D eigenvalue weighted by Gasteiger charge is -2.15. The molecule has 0 bridgehead atoms. The number of sulfone groups is 1. The van der Waals surface area contributed by atoms with Gasteiger partial charge in [-0.05, 0) is 5.56 Å². The van der Waals surface area contributed by atoms with Crippen LogP contribution in [0.1, 0.15) is 12.0 Å². The second-order valence-corrected chi connectivity index (χ2v) is 6.31. The van der Waals surface area contributed by atoms with E-state index in [1.807, 2.05) is 6.07 Å². The molecule has 0 N–H and O–H groups in total. The smallest absolute Gasteiger partial charge is 0.237 e. The monoisotopic (exact) mass is 280 g/mol. The molecule has 0 heterocycles. The zero-order valence-corrected chi connectivity index (χ0v) is 11.6. The summed E-state index contributed by atoms with van der Waals surface area (Å²) in [4.78, 5) is 13.0. The molecule has 19 heavy (non-hydrogen) atoms. The minimum absolute atomic E-state index is 0.147. The number of hydrogen-bond acceptors (Lipinski definition) is 4. The Bertz CT molecular complexity index is 561. The molecule has 0 radical (unpaired) electrons. The van der Waals surface area contributed by atoms with Gasteiger partial charge < -0.3 is 4.90 Å². The van der Waals surface area contributed by atoms with Gasteiger partial charge in [-0.25, -0.2) is 8.42 Å². The first-order valence-electron chi connectivity index (χ1n) is 5.80. The van der Waals surface area contributed by atoms with Crippen molar-refractivity contribution in [2.75, 3.05) is 19.3 Å². The van der Waals surface area contributed by atoms with Crippen LogP contribution < -0.4 is 0 Å². The molecule has 1 aromatic carbocycles. The largest absolute Gasteiger partial charge is 0.344 e. The minimum atomic E-state index is -3.48. The van der Waals surface area contributed by atoms with Crippen molar-refractivity contribution in [1.82, 2.24) is 4.90 Å². The Morgan fingerprint density at radius 2 is 1.95 bits per heavy atom. The quantitative estimate of drug-likeness (QED) is 0.778. The maximum atomic E-state index is 11.9. The molecule has 0 atom stereocenters. The maximum Gasteiger partial charge on any atom is 0.237 e. The maximum absolute atomic E-state index is 11.9. The summed E-state index contributed by atoms with van der Waals surface area (Å²) in [5.41, 5.74) is 0.662. The highest BCUT2D eigenvalue weighted by Crippen LogP contribution is 2.07. The predicted molar refractivity (Wildman–Crippen MR) is 71.8 cm³/mol. The summed E-state index contributed by atoms with van der Waals surface area (Å²) >= 11 is 0. The molecule has 0 unspecified atom stereocenters. The number of nitrogens with zero attached hydrogens (tertiary/aromatic N) is 2. The number of rotatable bonds is 6. The Labute approximate surface area is 113 Å². The molecule has 0 saturated carbocycles. The fraction of sp³-hybridized carbons (Fsp3) is 0.385. The molecule has 5 nitrogen and oxygen atoms in total. The highest BCUT2D eigenvalue weighted by atomic mass is 32.2. The van der Waals surface area contributed by atoms with Crippen molar-refractivity contribution in [3.8, 4) is 6.07 Å². The Hall–Kier alpha value is -1.87. The van der Waals surface area contributed by atoms with Gasteiger partial charge in [-0.3, -0.25) is 4.79 Å². The normalized spacial score (nSPS) is 10.7. The summed E-state index contributed by atoms with van der Waals surface area (Å²) < 4.78 is 23.8. The number of amides is 1. The third kappa shape index (κ3) is 5.53. The van der Waals surface area contributed by atoms with Gasteiger partial charge in [0, 0.05) is 13.6 Å². The standard InChI is InChI=1S/C13H16N2O3S/c1-15(9-5-8-14)13(16)11-19(17,18)10-12-6-3-2-4-7-12/h2-4,6-7H,5,9-11H2,1H3. The van der Waals surface area contributed by atoms with E-state index in [9.17, 15) is 13.2 Å². The molecule has 0 aliphatic rings. The SMILES string of the molecule is CN(CCC#N)C(=O)CS(=O)(=O)Cc1ccccc1. The third-order valence-electron chi connectivity index (χ3n) is 2.56. The summed E-state index contributed by atoms with van der Waals surface area (Å²) in [6, 6.07) is 10.6. The molecule has 0 aliphatic carbocycles. The van der Waals surface area contributed by atoms with E-state index < -0.39 is 21.5 Å². The van der Waals surface area contributed by atoms with Gasteiger partial charge >= 0.3 is 0 Å². The van der Waals surface area contributed by atoms with E-state index in [1.54, 1.807) is 30.3 Å². The van der Waals surface area contributed by atoms with Crippen LogP contribution in [0.2, 0.25) is 0 Å². The lowest BCUT2D eigenvalue weighted by Crippen LogP contribution is -2.33. The molecule has 1 rings (SSSR count). The first-order chi connectivity index (χ1) is 8.94. The number of hydrogen-bond donors (Lipinski definition) is 0. The molecule has 1 amide bonds. The fourth-order valence-electron chi connectivity index (χ4n) is 1.52. The molecular weight excluding hydrogens is 264 g/mol. The summed E-state index contributed by atoms with van der Waals surface area (Å²) in [6.07, 6.45) is 0.195. The highest BCUT2D eigenvalue weighted by molar-refractivity contribution is 7.91. The second kappa shape index (κ2) is 6.90.